The van der Waals surface area contributed by atoms with Gasteiger partial charge < -0.3 is 10.3 Å². The van der Waals surface area contributed by atoms with E-state index in [4.69, 9.17) is 22.3 Å². The molecular formula is C17H22ClN3. The number of rotatable bonds is 2. The van der Waals surface area contributed by atoms with Gasteiger partial charge in [0.05, 0.1) is 11.0 Å². The average Bonchev–Trinajstić information content (AvgIpc) is 3.25. The van der Waals surface area contributed by atoms with Crippen molar-refractivity contribution in [1.29, 1.82) is 0 Å². The van der Waals surface area contributed by atoms with Gasteiger partial charge in [0.1, 0.15) is 5.82 Å². The minimum Gasteiger partial charge on any atom is -0.327 e. The van der Waals surface area contributed by atoms with E-state index in [0.717, 1.165) is 17.0 Å². The third kappa shape index (κ3) is 2.47. The minimum atomic E-state index is 0.247. The van der Waals surface area contributed by atoms with Gasteiger partial charge in [0.2, 0.25) is 0 Å². The molecule has 0 radical (unpaired) electrons. The molecule has 2 aromatic rings. The van der Waals surface area contributed by atoms with Gasteiger partial charge in [-0.1, -0.05) is 30.9 Å². The Hall–Kier alpha value is -1.06. The Kier molecular flexibility index (Phi) is 3.43. The van der Waals surface area contributed by atoms with Crippen molar-refractivity contribution < 1.29 is 0 Å². The number of benzene rings is 1. The zero-order valence-electron chi connectivity index (χ0n) is 12.3. The fraction of sp³-hybridized carbons (Fsp3) is 0.588. The summed E-state index contributed by atoms with van der Waals surface area (Å²) in [5.74, 6) is 1.61. The number of nitrogens with two attached hydrogens (primary N) is 1. The fourth-order valence-electron chi connectivity index (χ4n) is 3.73. The first-order valence-corrected chi connectivity index (χ1v) is 8.55. The molecule has 2 unspecified atom stereocenters. The summed E-state index contributed by atoms with van der Waals surface area (Å²) in [7, 11) is 0. The zero-order chi connectivity index (χ0) is 14.4. The van der Waals surface area contributed by atoms with Crippen molar-refractivity contribution in [3.05, 3.63) is 29.0 Å². The Bertz CT molecular complexity index is 659. The van der Waals surface area contributed by atoms with Crippen LogP contribution in [0.2, 0.25) is 5.02 Å². The Labute approximate surface area is 130 Å². The number of fused-ring (bicyclic) bond motifs is 1. The lowest BCUT2D eigenvalue weighted by atomic mass is 9.94. The fourth-order valence-corrected chi connectivity index (χ4v) is 3.89. The number of aromatic nitrogens is 2. The van der Waals surface area contributed by atoms with Crippen molar-refractivity contribution in [2.24, 2.45) is 5.73 Å². The van der Waals surface area contributed by atoms with Crippen molar-refractivity contribution in [3.63, 3.8) is 0 Å². The summed E-state index contributed by atoms with van der Waals surface area (Å²) in [4.78, 5) is 4.95. The van der Waals surface area contributed by atoms with E-state index in [1.54, 1.807) is 0 Å². The lowest BCUT2D eigenvalue weighted by Gasteiger charge is -2.22. The summed E-state index contributed by atoms with van der Waals surface area (Å²) in [6.07, 6.45) is 8.66. The Morgan fingerprint density at radius 2 is 1.90 bits per heavy atom. The molecular weight excluding hydrogens is 282 g/mol. The molecule has 0 amide bonds. The monoisotopic (exact) mass is 303 g/mol. The van der Waals surface area contributed by atoms with Gasteiger partial charge in [-0.2, -0.15) is 0 Å². The standard InChI is InChI=1S/C17H22ClN3/c18-11-6-9-16-15(10-11)20-17(21(16)12-7-8-12)13-4-2-1-3-5-14(13)19/h6,9-10,12-14H,1-5,7-8,19H2. The minimum absolute atomic E-state index is 0.247. The highest BCUT2D eigenvalue weighted by Crippen LogP contribution is 2.42. The van der Waals surface area contributed by atoms with Gasteiger partial charge in [0.25, 0.3) is 0 Å². The third-order valence-electron chi connectivity index (χ3n) is 4.99. The molecule has 2 aliphatic rings. The zero-order valence-corrected chi connectivity index (χ0v) is 13.0. The smallest absolute Gasteiger partial charge is 0.114 e. The summed E-state index contributed by atoms with van der Waals surface area (Å²) in [5.41, 5.74) is 8.73. The van der Waals surface area contributed by atoms with Crippen LogP contribution in [0.15, 0.2) is 18.2 Å². The van der Waals surface area contributed by atoms with E-state index in [0.29, 0.717) is 12.0 Å². The second kappa shape index (κ2) is 5.29. The van der Waals surface area contributed by atoms with Gasteiger partial charge in [-0.25, -0.2) is 4.98 Å². The van der Waals surface area contributed by atoms with Gasteiger partial charge in [-0.15, -0.1) is 0 Å². The van der Waals surface area contributed by atoms with Crippen LogP contribution in [0.4, 0.5) is 0 Å². The van der Waals surface area contributed by atoms with Crippen molar-refractivity contribution in [2.45, 2.75) is 62.9 Å². The van der Waals surface area contributed by atoms with Crippen LogP contribution < -0.4 is 5.73 Å². The second-order valence-electron chi connectivity index (χ2n) is 6.61. The van der Waals surface area contributed by atoms with Crippen molar-refractivity contribution in [3.8, 4) is 0 Å². The summed E-state index contributed by atoms with van der Waals surface area (Å²) in [6, 6.07) is 6.95. The van der Waals surface area contributed by atoms with Gasteiger partial charge in [0, 0.05) is 23.0 Å². The third-order valence-corrected chi connectivity index (χ3v) is 5.23. The number of halogens is 1. The molecule has 2 N–H and O–H groups in total. The molecule has 1 aromatic carbocycles. The van der Waals surface area contributed by atoms with E-state index < -0.39 is 0 Å². The molecule has 112 valence electrons. The Morgan fingerprint density at radius 3 is 2.71 bits per heavy atom. The van der Waals surface area contributed by atoms with Crippen LogP contribution in [-0.4, -0.2) is 15.6 Å². The number of nitrogens with zero attached hydrogens (tertiary/aromatic N) is 2. The van der Waals surface area contributed by atoms with Crippen molar-refractivity contribution in [1.82, 2.24) is 9.55 Å². The van der Waals surface area contributed by atoms with Crippen LogP contribution >= 0.6 is 11.6 Å². The molecule has 1 heterocycles. The molecule has 0 bridgehead atoms. The number of imidazole rings is 1. The summed E-state index contributed by atoms with van der Waals surface area (Å²) < 4.78 is 2.46. The quantitative estimate of drug-likeness (QED) is 0.836. The normalized spacial score (nSPS) is 27.0. The molecule has 21 heavy (non-hydrogen) atoms. The molecule has 2 aliphatic carbocycles. The maximum atomic E-state index is 6.47. The van der Waals surface area contributed by atoms with E-state index >= 15 is 0 Å². The molecule has 0 spiro atoms. The maximum Gasteiger partial charge on any atom is 0.114 e. The van der Waals surface area contributed by atoms with Crippen molar-refractivity contribution in [2.75, 3.05) is 0 Å². The molecule has 0 aliphatic heterocycles. The highest BCUT2D eigenvalue weighted by Gasteiger charge is 2.33. The number of hydrogen-bond acceptors (Lipinski definition) is 2. The Morgan fingerprint density at radius 1 is 1.10 bits per heavy atom. The lowest BCUT2D eigenvalue weighted by Crippen LogP contribution is -2.29. The lowest BCUT2D eigenvalue weighted by molar-refractivity contribution is 0.465. The van der Waals surface area contributed by atoms with Crippen LogP contribution in [0.25, 0.3) is 11.0 Å². The molecule has 1 aromatic heterocycles. The largest absolute Gasteiger partial charge is 0.327 e. The molecule has 3 nitrogen and oxygen atoms in total. The molecule has 2 saturated carbocycles. The second-order valence-corrected chi connectivity index (χ2v) is 7.05. The molecule has 4 rings (SSSR count). The number of hydrogen-bond donors (Lipinski definition) is 1. The van der Waals surface area contributed by atoms with Crippen LogP contribution in [0.5, 0.6) is 0 Å². The predicted molar refractivity (Wildman–Crippen MR) is 86.8 cm³/mol. The van der Waals surface area contributed by atoms with Gasteiger partial charge in [0.15, 0.2) is 0 Å². The van der Waals surface area contributed by atoms with E-state index in [1.165, 1.54) is 49.9 Å². The molecule has 2 fully saturated rings. The van der Waals surface area contributed by atoms with E-state index in [-0.39, 0.29) is 6.04 Å². The predicted octanol–water partition coefficient (Wildman–Crippen LogP) is 4.40. The first-order chi connectivity index (χ1) is 10.2. The molecule has 2 atom stereocenters. The van der Waals surface area contributed by atoms with E-state index in [9.17, 15) is 0 Å². The molecule has 0 saturated heterocycles. The highest BCUT2D eigenvalue weighted by molar-refractivity contribution is 6.31. The summed E-state index contributed by atoms with van der Waals surface area (Å²) >= 11 is 6.14. The van der Waals surface area contributed by atoms with E-state index in [1.807, 2.05) is 12.1 Å². The van der Waals surface area contributed by atoms with Gasteiger partial charge in [-0.3, -0.25) is 0 Å². The summed E-state index contributed by atoms with van der Waals surface area (Å²) in [5, 5.41) is 0.764. The molecule has 4 heteroatoms. The van der Waals surface area contributed by atoms with E-state index in [2.05, 4.69) is 10.6 Å². The van der Waals surface area contributed by atoms with Crippen LogP contribution in [0.1, 0.15) is 62.7 Å². The topological polar surface area (TPSA) is 43.8 Å². The highest BCUT2D eigenvalue weighted by atomic mass is 35.5. The van der Waals surface area contributed by atoms with Crippen molar-refractivity contribution >= 4 is 22.6 Å². The van der Waals surface area contributed by atoms with Crippen LogP contribution in [0, 0.1) is 0 Å². The average molecular weight is 304 g/mol. The van der Waals surface area contributed by atoms with Crippen LogP contribution in [0.3, 0.4) is 0 Å². The van der Waals surface area contributed by atoms with Gasteiger partial charge >= 0.3 is 0 Å². The summed E-state index contributed by atoms with van der Waals surface area (Å²) in [6.45, 7) is 0. The SMILES string of the molecule is NC1CCCCCC1c1nc2cc(Cl)ccc2n1C1CC1. The first-order valence-electron chi connectivity index (χ1n) is 8.17. The van der Waals surface area contributed by atoms with Gasteiger partial charge in [-0.05, 0) is 43.9 Å². The van der Waals surface area contributed by atoms with Crippen LogP contribution in [-0.2, 0) is 0 Å². The first kappa shape index (κ1) is 13.6. The maximum absolute atomic E-state index is 6.47. The Balaban J connectivity index is 1.84.